The number of benzene rings is 2. The topological polar surface area (TPSA) is 235 Å². The molecule has 0 spiro atoms. The van der Waals surface area contributed by atoms with Crippen LogP contribution in [0, 0.1) is 0 Å². The number of anilines is 4. The maximum absolute atomic E-state index is 13.7. The van der Waals surface area contributed by atoms with Crippen LogP contribution in [0.25, 0.3) is 0 Å². The molecule has 2 atom stereocenters. The smallest absolute Gasteiger partial charge is 0.322 e. The molecule has 0 saturated carbocycles. The number of amides is 5. The molecule has 5 aromatic rings. The fraction of sp³-hybridized carbons (Fsp3) is 0.311. The summed E-state index contributed by atoms with van der Waals surface area (Å²) >= 11 is 0. The summed E-state index contributed by atoms with van der Waals surface area (Å²) in [6, 6.07) is 14.8. The van der Waals surface area contributed by atoms with Crippen LogP contribution in [-0.2, 0) is 41.9 Å². The van der Waals surface area contributed by atoms with Gasteiger partial charge in [-0.15, -0.1) is 0 Å². The van der Waals surface area contributed by atoms with Crippen molar-refractivity contribution in [1.82, 2.24) is 19.0 Å². The molecule has 19 heteroatoms. The van der Waals surface area contributed by atoms with Crippen molar-refractivity contribution in [2.45, 2.75) is 44.7 Å². The molecule has 0 aliphatic carbocycles. The van der Waals surface area contributed by atoms with Gasteiger partial charge in [0, 0.05) is 77.1 Å². The van der Waals surface area contributed by atoms with E-state index in [9.17, 15) is 28.8 Å². The Hall–Kier alpha value is -7.67. The number of aryl methyl sites for hydroxylation is 3. The number of fused-ring (bicyclic) bond motifs is 4. The number of carbonyl (C=O) groups is 6. The van der Waals surface area contributed by atoms with E-state index in [-0.39, 0.29) is 61.3 Å². The Morgan fingerprint density at radius 3 is 2.03 bits per heavy atom. The Balaban J connectivity index is 0.874. The molecule has 2 aliphatic rings. The maximum atomic E-state index is 13.7. The summed E-state index contributed by atoms with van der Waals surface area (Å²) in [5.41, 5.74) is 10.3. The molecule has 64 heavy (non-hydrogen) atoms. The number of hydrogen-bond donors (Lipinski definition) is 5. The number of nitrogens with one attached hydrogen (secondary N) is 4. The fourth-order valence-electron chi connectivity index (χ4n) is 7.46. The first-order valence-corrected chi connectivity index (χ1v) is 20.6. The van der Waals surface area contributed by atoms with E-state index in [1.54, 1.807) is 82.7 Å². The van der Waals surface area contributed by atoms with E-state index in [0.29, 0.717) is 64.8 Å². The zero-order chi connectivity index (χ0) is 45.7. The first-order chi connectivity index (χ1) is 30.7. The average Bonchev–Trinajstić information content (AvgIpc) is 4.02. The first kappa shape index (κ1) is 44.4. The summed E-state index contributed by atoms with van der Waals surface area (Å²) in [6.45, 7) is 2.09. The molecule has 2 aromatic carbocycles. The molecule has 0 fully saturated rings. The summed E-state index contributed by atoms with van der Waals surface area (Å²) in [6.07, 6.45) is 8.16. The highest BCUT2D eigenvalue weighted by molar-refractivity contribution is 6.15. The lowest BCUT2D eigenvalue weighted by molar-refractivity contribution is -0.144. The molecule has 5 amide bonds. The number of nitrogens with zero attached hydrogens (tertiary/aromatic N) is 5. The Kier molecular flexibility index (Phi) is 13.3. The highest BCUT2D eigenvalue weighted by Crippen LogP contribution is 2.41. The van der Waals surface area contributed by atoms with E-state index in [1.807, 2.05) is 24.3 Å². The number of hydrogen-bond acceptors (Lipinski definition) is 11. The standard InChI is InChI=1S/C45H50N10O9/c1-26(46)45(61)64-15-9-13-47-41(57)35-18-29(24-52(35)2)50-43(59)37-19-30(25-54(37)4)51-42(58)36-17-28(23-53(36)3)49-40(56)12-8-14-63-39-21-33-32(20-38(39)62-5)44(60)55-31(22-48-33)16-27-10-6-7-11-34(27)55/h6-7,10-11,17-26,31H,8-9,12-16,46H2,1-5H3,(H,47,57)(H,49,56)(H,50,59)(H,51,58)/t26-,31+/m0/s1. The maximum Gasteiger partial charge on any atom is 0.322 e. The minimum atomic E-state index is -0.722. The van der Waals surface area contributed by atoms with Crippen LogP contribution in [0.15, 0.2) is 78.2 Å². The minimum Gasteiger partial charge on any atom is -0.493 e. The van der Waals surface area contributed by atoms with E-state index in [4.69, 9.17) is 19.9 Å². The number of methoxy groups -OCH3 is 1. The van der Waals surface area contributed by atoms with Gasteiger partial charge in [0.25, 0.3) is 23.6 Å². The van der Waals surface area contributed by atoms with Gasteiger partial charge in [0.2, 0.25) is 5.91 Å². The number of ether oxygens (including phenoxy) is 3. The molecule has 3 aromatic heterocycles. The Morgan fingerprint density at radius 1 is 0.797 bits per heavy atom. The average molecular weight is 875 g/mol. The molecular weight excluding hydrogens is 825 g/mol. The Morgan fingerprint density at radius 2 is 1.41 bits per heavy atom. The molecule has 0 bridgehead atoms. The van der Waals surface area contributed by atoms with Gasteiger partial charge in [-0.1, -0.05) is 18.2 Å². The van der Waals surface area contributed by atoms with Gasteiger partial charge < -0.3 is 54.9 Å². The van der Waals surface area contributed by atoms with Crippen LogP contribution in [0.4, 0.5) is 28.4 Å². The second-order valence-electron chi connectivity index (χ2n) is 15.5. The monoisotopic (exact) mass is 874 g/mol. The highest BCUT2D eigenvalue weighted by Gasteiger charge is 2.36. The van der Waals surface area contributed by atoms with E-state index >= 15 is 0 Å². The van der Waals surface area contributed by atoms with E-state index in [0.717, 1.165) is 11.3 Å². The molecular formula is C45H50N10O9. The lowest BCUT2D eigenvalue weighted by Crippen LogP contribution is -2.37. The van der Waals surface area contributed by atoms with Crippen LogP contribution in [-0.4, -0.2) is 94.4 Å². The molecule has 19 nitrogen and oxygen atoms in total. The summed E-state index contributed by atoms with van der Waals surface area (Å²) < 4.78 is 21.3. The van der Waals surface area contributed by atoms with Crippen molar-refractivity contribution in [3.05, 3.63) is 101 Å². The minimum absolute atomic E-state index is 0.117. The van der Waals surface area contributed by atoms with Crippen molar-refractivity contribution >= 4 is 70.2 Å². The largest absolute Gasteiger partial charge is 0.493 e. The molecule has 7 rings (SSSR count). The lowest BCUT2D eigenvalue weighted by atomic mass is 10.1. The van der Waals surface area contributed by atoms with Gasteiger partial charge in [0.05, 0.1) is 54.7 Å². The van der Waals surface area contributed by atoms with Gasteiger partial charge in [0.1, 0.15) is 23.1 Å². The SMILES string of the molecule is COc1cc2c(cc1OCCCC(=O)Nc1cc(C(=O)Nc3cc(C(=O)Nc4cc(C(=O)NCCCOC(=O)[C@H](C)N)n(C)c4)n(C)c3)n(C)c1)N=C[C@H]1Cc3ccccc3N1C2=O. The Labute approximate surface area is 368 Å². The van der Waals surface area contributed by atoms with Crippen LogP contribution < -0.4 is 41.4 Å². The predicted molar refractivity (Wildman–Crippen MR) is 239 cm³/mol. The van der Waals surface area contributed by atoms with Gasteiger partial charge in [-0.2, -0.15) is 0 Å². The zero-order valence-electron chi connectivity index (χ0n) is 36.1. The summed E-state index contributed by atoms with van der Waals surface area (Å²) in [4.78, 5) is 83.8. The predicted octanol–water partition coefficient (Wildman–Crippen LogP) is 4.31. The number of rotatable bonds is 17. The van der Waals surface area contributed by atoms with Gasteiger partial charge in [-0.05, 0) is 55.7 Å². The molecule has 0 saturated heterocycles. The molecule has 6 N–H and O–H groups in total. The van der Waals surface area contributed by atoms with Crippen LogP contribution in [0.2, 0.25) is 0 Å². The fourth-order valence-corrected chi connectivity index (χ4v) is 7.46. The third-order valence-corrected chi connectivity index (χ3v) is 10.7. The lowest BCUT2D eigenvalue weighted by Gasteiger charge is -2.22. The van der Waals surface area contributed by atoms with Gasteiger partial charge >= 0.3 is 5.97 Å². The van der Waals surface area contributed by atoms with Gasteiger partial charge in [-0.3, -0.25) is 38.7 Å². The van der Waals surface area contributed by atoms with E-state index in [2.05, 4.69) is 26.3 Å². The zero-order valence-corrected chi connectivity index (χ0v) is 36.1. The van der Waals surface area contributed by atoms with E-state index in [1.165, 1.54) is 26.2 Å². The van der Waals surface area contributed by atoms with Crippen molar-refractivity contribution in [2.75, 3.05) is 47.7 Å². The second-order valence-corrected chi connectivity index (χ2v) is 15.5. The van der Waals surface area contributed by atoms with Crippen molar-refractivity contribution in [3.63, 3.8) is 0 Å². The number of aliphatic imine (C=N–C) groups is 1. The quantitative estimate of drug-likeness (QED) is 0.0656. The molecule has 5 heterocycles. The van der Waals surface area contributed by atoms with Crippen LogP contribution >= 0.6 is 0 Å². The first-order valence-electron chi connectivity index (χ1n) is 20.6. The molecule has 334 valence electrons. The van der Waals surface area contributed by atoms with Crippen LogP contribution in [0.1, 0.15) is 73.6 Å². The van der Waals surface area contributed by atoms with Crippen molar-refractivity contribution < 1.29 is 43.0 Å². The second kappa shape index (κ2) is 19.2. The third-order valence-electron chi connectivity index (χ3n) is 10.7. The summed E-state index contributed by atoms with van der Waals surface area (Å²) in [7, 11) is 6.49. The number of para-hydroxylation sites is 1. The highest BCUT2D eigenvalue weighted by atomic mass is 16.5. The molecule has 2 aliphatic heterocycles. The Bertz CT molecular complexity index is 2660. The molecule has 0 radical (unpaired) electrons. The van der Waals surface area contributed by atoms with Crippen molar-refractivity contribution in [1.29, 1.82) is 0 Å². The van der Waals surface area contributed by atoms with Crippen molar-refractivity contribution in [3.8, 4) is 11.5 Å². The summed E-state index contributed by atoms with van der Waals surface area (Å²) in [5, 5.41) is 11.2. The normalized spacial score (nSPS) is 14.1. The van der Waals surface area contributed by atoms with Crippen LogP contribution in [0.5, 0.6) is 11.5 Å². The number of esters is 1. The number of carbonyl (C=O) groups excluding carboxylic acids is 6. The van der Waals surface area contributed by atoms with Crippen LogP contribution in [0.3, 0.4) is 0 Å². The third kappa shape index (κ3) is 9.84. The van der Waals surface area contributed by atoms with E-state index < -0.39 is 23.8 Å². The number of nitrogens with two attached hydrogens (primary N) is 1. The number of aromatic nitrogens is 3. The molecule has 0 unspecified atom stereocenters. The summed E-state index contributed by atoms with van der Waals surface area (Å²) in [5.74, 6) is -1.50. The van der Waals surface area contributed by atoms with Crippen molar-refractivity contribution in [2.24, 2.45) is 31.9 Å². The van der Waals surface area contributed by atoms with Gasteiger partial charge in [0.15, 0.2) is 11.5 Å². The van der Waals surface area contributed by atoms with Gasteiger partial charge in [-0.25, -0.2) is 0 Å².